The molecule has 0 aromatic heterocycles. The van der Waals surface area contributed by atoms with E-state index in [1.165, 1.54) is 0 Å². The molecule has 0 aliphatic rings. The van der Waals surface area contributed by atoms with Crippen molar-refractivity contribution in [3.8, 4) is 5.75 Å². The van der Waals surface area contributed by atoms with Gasteiger partial charge in [-0.25, -0.2) is 4.79 Å². The fraction of sp³-hybridized carbons (Fsp3) is 0.364. The molecule has 4 N–H and O–H groups in total. The van der Waals surface area contributed by atoms with Crippen molar-refractivity contribution in [2.24, 2.45) is 5.73 Å². The van der Waals surface area contributed by atoms with Crippen molar-refractivity contribution in [1.29, 1.82) is 0 Å². The van der Waals surface area contributed by atoms with Crippen LogP contribution >= 0.6 is 15.9 Å². The Hall–Kier alpha value is -1.27. The van der Waals surface area contributed by atoms with Gasteiger partial charge in [0.25, 0.3) is 0 Å². The van der Waals surface area contributed by atoms with Gasteiger partial charge < -0.3 is 21.1 Å². The summed E-state index contributed by atoms with van der Waals surface area (Å²) in [6.45, 7) is 1.49. The van der Waals surface area contributed by atoms with Crippen molar-refractivity contribution in [1.82, 2.24) is 5.32 Å². The molecule has 6 heteroatoms. The van der Waals surface area contributed by atoms with Gasteiger partial charge in [-0.3, -0.25) is 0 Å². The summed E-state index contributed by atoms with van der Waals surface area (Å²) in [5.41, 5.74) is 5.99. The third-order valence-corrected chi connectivity index (χ3v) is 2.21. The highest BCUT2D eigenvalue weighted by Gasteiger charge is 2.00. The van der Waals surface area contributed by atoms with Crippen LogP contribution in [0.3, 0.4) is 0 Å². The number of rotatable bonds is 6. The first-order chi connectivity index (χ1) is 8.26. The number of halogens is 1. The topological polar surface area (TPSA) is 76.4 Å². The molecule has 0 aliphatic heterocycles. The highest BCUT2D eigenvalue weighted by Crippen LogP contribution is 2.15. The van der Waals surface area contributed by atoms with Crippen molar-refractivity contribution in [2.45, 2.75) is 0 Å². The van der Waals surface area contributed by atoms with E-state index in [0.29, 0.717) is 25.4 Å². The molecule has 0 radical (unpaired) electrons. The predicted molar refractivity (Wildman–Crippen MR) is 71.8 cm³/mol. The van der Waals surface area contributed by atoms with Gasteiger partial charge in [-0.05, 0) is 24.3 Å². The number of hydrogen-bond acceptors (Lipinski definition) is 3. The highest BCUT2D eigenvalue weighted by atomic mass is 79.9. The molecule has 17 heavy (non-hydrogen) atoms. The number of carbonyl (C=O) groups is 1. The van der Waals surface area contributed by atoms with Gasteiger partial charge in [0.15, 0.2) is 0 Å². The minimum atomic E-state index is -0.260. The van der Waals surface area contributed by atoms with Gasteiger partial charge >= 0.3 is 6.03 Å². The van der Waals surface area contributed by atoms with E-state index >= 15 is 0 Å². The molecule has 0 aliphatic carbocycles. The minimum absolute atomic E-state index is 0.260. The molecule has 0 fully saturated rings. The first-order valence-corrected chi connectivity index (χ1v) is 6.42. The van der Waals surface area contributed by atoms with Gasteiger partial charge in [0.05, 0.1) is 6.61 Å². The summed E-state index contributed by atoms with van der Waals surface area (Å²) < 4.78 is 5.39. The lowest BCUT2D eigenvalue weighted by Gasteiger charge is -2.08. The van der Waals surface area contributed by atoms with Crippen molar-refractivity contribution < 1.29 is 9.53 Å². The fourth-order valence-electron chi connectivity index (χ4n) is 1.15. The van der Waals surface area contributed by atoms with Crippen LogP contribution in [0.4, 0.5) is 10.5 Å². The average molecular weight is 302 g/mol. The summed E-state index contributed by atoms with van der Waals surface area (Å²) in [6, 6.07) is 6.92. The zero-order chi connectivity index (χ0) is 12.5. The monoisotopic (exact) mass is 301 g/mol. The SMILES string of the molecule is NCCNC(=O)Nc1ccc(OCCBr)cc1. The van der Waals surface area contributed by atoms with Gasteiger partial charge in [-0.15, -0.1) is 0 Å². The quantitative estimate of drug-likeness (QED) is 0.698. The lowest BCUT2D eigenvalue weighted by atomic mass is 10.3. The Balaban J connectivity index is 2.42. The van der Waals surface area contributed by atoms with Gasteiger partial charge in [0.1, 0.15) is 5.75 Å². The summed E-state index contributed by atoms with van der Waals surface area (Å²) in [5, 5.41) is 6.09. The maximum Gasteiger partial charge on any atom is 0.319 e. The number of alkyl halides is 1. The molecule has 0 bridgehead atoms. The third kappa shape index (κ3) is 5.55. The Kier molecular flexibility index (Phi) is 6.42. The molecular formula is C11H16BrN3O2. The Bertz CT molecular complexity index is 343. The maximum atomic E-state index is 11.3. The minimum Gasteiger partial charge on any atom is -0.493 e. The largest absolute Gasteiger partial charge is 0.493 e. The summed E-state index contributed by atoms with van der Waals surface area (Å²) in [5.74, 6) is 0.775. The summed E-state index contributed by atoms with van der Waals surface area (Å²) in [4.78, 5) is 11.3. The van der Waals surface area contributed by atoms with Gasteiger partial charge in [0.2, 0.25) is 0 Å². The molecule has 0 heterocycles. The maximum absolute atomic E-state index is 11.3. The number of ether oxygens (including phenoxy) is 1. The van der Waals surface area contributed by atoms with E-state index in [0.717, 1.165) is 11.1 Å². The molecule has 1 aromatic carbocycles. The van der Waals surface area contributed by atoms with Crippen molar-refractivity contribution in [3.63, 3.8) is 0 Å². The first kappa shape index (κ1) is 13.8. The van der Waals surface area contributed by atoms with E-state index in [1.54, 1.807) is 24.3 Å². The standard InChI is InChI=1S/C11H16BrN3O2/c12-5-8-17-10-3-1-9(2-4-10)15-11(16)14-7-6-13/h1-4H,5-8,13H2,(H2,14,15,16). The van der Waals surface area contributed by atoms with Crippen LogP contribution in [0.2, 0.25) is 0 Å². The smallest absolute Gasteiger partial charge is 0.319 e. The third-order valence-electron chi connectivity index (χ3n) is 1.89. The zero-order valence-electron chi connectivity index (χ0n) is 9.41. The second-order valence-corrected chi connectivity index (χ2v) is 4.02. The fourth-order valence-corrected chi connectivity index (χ4v) is 1.31. The molecule has 0 atom stereocenters. The molecule has 5 nitrogen and oxygen atoms in total. The van der Waals surface area contributed by atoms with E-state index in [9.17, 15) is 4.79 Å². The average Bonchev–Trinajstić information content (AvgIpc) is 2.35. The van der Waals surface area contributed by atoms with Crippen LogP contribution in [0.15, 0.2) is 24.3 Å². The lowest BCUT2D eigenvalue weighted by Crippen LogP contribution is -2.32. The molecule has 0 spiro atoms. The van der Waals surface area contributed by atoms with Gasteiger partial charge in [-0.1, -0.05) is 15.9 Å². The van der Waals surface area contributed by atoms with Crippen molar-refractivity contribution >= 4 is 27.6 Å². The van der Waals surface area contributed by atoms with E-state index in [-0.39, 0.29) is 6.03 Å². The molecule has 0 saturated heterocycles. The Labute approximate surface area is 109 Å². The molecule has 2 amide bonds. The number of urea groups is 1. The van der Waals surface area contributed by atoms with Crippen LogP contribution in [0.1, 0.15) is 0 Å². The Morgan fingerprint density at radius 3 is 2.65 bits per heavy atom. The second kappa shape index (κ2) is 7.92. The van der Waals surface area contributed by atoms with Gasteiger partial charge in [0, 0.05) is 24.1 Å². The van der Waals surface area contributed by atoms with E-state index < -0.39 is 0 Å². The Morgan fingerprint density at radius 1 is 1.35 bits per heavy atom. The summed E-state index contributed by atoms with van der Waals surface area (Å²) in [7, 11) is 0. The summed E-state index contributed by atoms with van der Waals surface area (Å²) >= 11 is 3.28. The number of carbonyl (C=O) groups excluding carboxylic acids is 1. The van der Waals surface area contributed by atoms with Crippen LogP contribution in [-0.4, -0.2) is 31.1 Å². The van der Waals surface area contributed by atoms with Crippen LogP contribution in [0, 0.1) is 0 Å². The highest BCUT2D eigenvalue weighted by molar-refractivity contribution is 9.09. The molecule has 94 valence electrons. The number of nitrogens with two attached hydrogens (primary N) is 1. The van der Waals surface area contributed by atoms with Crippen LogP contribution < -0.4 is 21.1 Å². The van der Waals surface area contributed by atoms with Crippen LogP contribution in [0.25, 0.3) is 0 Å². The van der Waals surface area contributed by atoms with Crippen LogP contribution in [-0.2, 0) is 0 Å². The van der Waals surface area contributed by atoms with Gasteiger partial charge in [-0.2, -0.15) is 0 Å². The van der Waals surface area contributed by atoms with E-state index in [1.807, 2.05) is 0 Å². The van der Waals surface area contributed by atoms with Crippen LogP contribution in [0.5, 0.6) is 5.75 Å². The number of amides is 2. The van der Waals surface area contributed by atoms with Crippen molar-refractivity contribution in [2.75, 3.05) is 30.3 Å². The van der Waals surface area contributed by atoms with Crippen molar-refractivity contribution in [3.05, 3.63) is 24.3 Å². The predicted octanol–water partition coefficient (Wildman–Crippen LogP) is 1.54. The molecule has 0 unspecified atom stereocenters. The molecule has 1 rings (SSSR count). The second-order valence-electron chi connectivity index (χ2n) is 3.23. The van der Waals surface area contributed by atoms with E-state index in [2.05, 4.69) is 26.6 Å². The number of nitrogens with one attached hydrogen (secondary N) is 2. The summed E-state index contributed by atoms with van der Waals surface area (Å²) in [6.07, 6.45) is 0. The first-order valence-electron chi connectivity index (χ1n) is 5.30. The Morgan fingerprint density at radius 2 is 2.06 bits per heavy atom. The number of benzene rings is 1. The number of hydrogen-bond donors (Lipinski definition) is 3. The molecular weight excluding hydrogens is 286 g/mol. The normalized spacial score (nSPS) is 9.76. The lowest BCUT2D eigenvalue weighted by molar-refractivity contribution is 0.252. The zero-order valence-corrected chi connectivity index (χ0v) is 11.0. The number of anilines is 1. The molecule has 0 saturated carbocycles. The van der Waals surface area contributed by atoms with E-state index in [4.69, 9.17) is 10.5 Å². The molecule has 1 aromatic rings.